The van der Waals surface area contributed by atoms with E-state index in [1.54, 1.807) is 16.7 Å². The number of hydrogen-bond acceptors (Lipinski definition) is 3. The minimum atomic E-state index is -0.591. The van der Waals surface area contributed by atoms with Gasteiger partial charge in [0.05, 0.1) is 5.75 Å². The number of thioether (sulfide) groups is 1. The van der Waals surface area contributed by atoms with Crippen molar-refractivity contribution in [2.24, 2.45) is 0 Å². The fourth-order valence-corrected chi connectivity index (χ4v) is 5.22. The van der Waals surface area contributed by atoms with Crippen molar-refractivity contribution in [1.82, 2.24) is 10.2 Å². The smallest absolute Gasteiger partial charge is 0.243 e. The molecule has 3 rings (SSSR count). The second-order valence-electron chi connectivity index (χ2n) is 10.0. The van der Waals surface area contributed by atoms with E-state index in [9.17, 15) is 9.59 Å². The molecule has 0 aliphatic rings. The second-order valence-corrected chi connectivity index (χ2v) is 11.0. The van der Waals surface area contributed by atoms with Crippen molar-refractivity contribution in [3.8, 4) is 0 Å². The van der Waals surface area contributed by atoms with Gasteiger partial charge in [0.15, 0.2) is 0 Å². The molecule has 2 atom stereocenters. The van der Waals surface area contributed by atoms with E-state index in [1.165, 1.54) is 22.3 Å². The van der Waals surface area contributed by atoms with Gasteiger partial charge >= 0.3 is 0 Å². The van der Waals surface area contributed by atoms with Gasteiger partial charge in [0.25, 0.3) is 0 Å². The molecule has 37 heavy (non-hydrogen) atoms. The number of amides is 2. The summed E-state index contributed by atoms with van der Waals surface area (Å²) in [7, 11) is 0. The molecule has 0 bridgehead atoms. The van der Waals surface area contributed by atoms with Crippen LogP contribution in [0.2, 0.25) is 0 Å². The first-order valence-electron chi connectivity index (χ1n) is 13.1. The molecule has 5 heteroatoms. The molecule has 0 fully saturated rings. The van der Waals surface area contributed by atoms with E-state index in [-0.39, 0.29) is 17.9 Å². The standard InChI is InChI=1S/C32H40N2O2S/c1-6-26(5)33-32(36)30(19-27-10-8-7-9-11-27)34(20-28-14-12-23(2)13-15-28)31(35)22-37-21-29-17-24(3)16-25(4)18-29/h7-18,26,30H,6,19-22H2,1-5H3,(H,33,36)/t26-,30-/m0/s1. The highest BCUT2D eigenvalue weighted by Crippen LogP contribution is 2.20. The third kappa shape index (κ3) is 9.08. The normalized spacial score (nSPS) is 12.6. The number of nitrogens with zero attached hydrogens (tertiary/aromatic N) is 1. The van der Waals surface area contributed by atoms with Crippen molar-refractivity contribution >= 4 is 23.6 Å². The number of rotatable bonds is 12. The van der Waals surface area contributed by atoms with Crippen LogP contribution in [0.3, 0.4) is 0 Å². The molecule has 0 radical (unpaired) electrons. The number of carbonyl (C=O) groups excluding carboxylic acids is 2. The van der Waals surface area contributed by atoms with Crippen molar-refractivity contribution in [2.45, 2.75) is 71.8 Å². The first-order chi connectivity index (χ1) is 17.7. The molecule has 3 aromatic carbocycles. The van der Waals surface area contributed by atoms with Crippen LogP contribution in [-0.4, -0.2) is 34.6 Å². The number of hydrogen-bond donors (Lipinski definition) is 1. The highest BCUT2D eigenvalue weighted by Gasteiger charge is 2.30. The summed E-state index contributed by atoms with van der Waals surface area (Å²) in [6, 6.07) is 24.1. The molecule has 0 spiro atoms. The first kappa shape index (κ1) is 28.5. The molecule has 1 N–H and O–H groups in total. The number of carbonyl (C=O) groups is 2. The van der Waals surface area contributed by atoms with E-state index in [0.717, 1.165) is 23.3 Å². The predicted molar refractivity (Wildman–Crippen MR) is 156 cm³/mol. The largest absolute Gasteiger partial charge is 0.352 e. The van der Waals surface area contributed by atoms with E-state index in [4.69, 9.17) is 0 Å². The van der Waals surface area contributed by atoms with Gasteiger partial charge < -0.3 is 10.2 Å². The van der Waals surface area contributed by atoms with Crippen LogP contribution in [-0.2, 0) is 28.3 Å². The molecular weight excluding hydrogens is 476 g/mol. The van der Waals surface area contributed by atoms with Crippen LogP contribution in [0.4, 0.5) is 0 Å². The summed E-state index contributed by atoms with van der Waals surface area (Å²) in [4.78, 5) is 29.1. The van der Waals surface area contributed by atoms with E-state index >= 15 is 0 Å². The van der Waals surface area contributed by atoms with Gasteiger partial charge in [0.1, 0.15) is 6.04 Å². The Morgan fingerprint density at radius 2 is 1.49 bits per heavy atom. The Hall–Kier alpha value is -3.05. The zero-order valence-corrected chi connectivity index (χ0v) is 23.6. The van der Waals surface area contributed by atoms with Gasteiger partial charge in [0, 0.05) is 24.8 Å². The highest BCUT2D eigenvalue weighted by atomic mass is 32.2. The maximum Gasteiger partial charge on any atom is 0.243 e. The Morgan fingerprint density at radius 3 is 2.11 bits per heavy atom. The van der Waals surface area contributed by atoms with Crippen molar-refractivity contribution in [3.63, 3.8) is 0 Å². The molecule has 196 valence electrons. The first-order valence-corrected chi connectivity index (χ1v) is 14.2. The lowest BCUT2D eigenvalue weighted by atomic mass is 10.0. The Balaban J connectivity index is 1.85. The summed E-state index contributed by atoms with van der Waals surface area (Å²) in [5.41, 5.74) is 6.90. The van der Waals surface area contributed by atoms with Crippen LogP contribution in [0.25, 0.3) is 0 Å². The van der Waals surface area contributed by atoms with Crippen LogP contribution >= 0.6 is 11.8 Å². The highest BCUT2D eigenvalue weighted by molar-refractivity contribution is 7.99. The van der Waals surface area contributed by atoms with Crippen LogP contribution < -0.4 is 5.32 Å². The summed E-state index contributed by atoms with van der Waals surface area (Å²) in [5, 5.41) is 3.13. The van der Waals surface area contributed by atoms with Crippen LogP contribution in [0.5, 0.6) is 0 Å². The van der Waals surface area contributed by atoms with E-state index in [1.807, 2.05) is 56.3 Å². The topological polar surface area (TPSA) is 49.4 Å². The summed E-state index contributed by atoms with van der Waals surface area (Å²) in [6.45, 7) is 10.7. The molecular formula is C32H40N2O2S. The minimum absolute atomic E-state index is 0.0183. The molecule has 0 heterocycles. The fraction of sp³-hybridized carbons (Fsp3) is 0.375. The van der Waals surface area contributed by atoms with Gasteiger partial charge in [-0.3, -0.25) is 9.59 Å². The molecule has 0 unspecified atom stereocenters. The third-order valence-electron chi connectivity index (χ3n) is 6.52. The molecule has 0 aliphatic heterocycles. The molecule has 4 nitrogen and oxygen atoms in total. The van der Waals surface area contributed by atoms with Crippen molar-refractivity contribution in [3.05, 3.63) is 106 Å². The van der Waals surface area contributed by atoms with Crippen molar-refractivity contribution in [1.29, 1.82) is 0 Å². The van der Waals surface area contributed by atoms with Crippen molar-refractivity contribution < 1.29 is 9.59 Å². The molecule has 0 aliphatic carbocycles. The average Bonchev–Trinajstić information content (AvgIpc) is 2.87. The molecule has 0 saturated heterocycles. The number of aryl methyl sites for hydroxylation is 3. The third-order valence-corrected chi connectivity index (χ3v) is 7.51. The van der Waals surface area contributed by atoms with Crippen LogP contribution in [0.1, 0.15) is 53.6 Å². The van der Waals surface area contributed by atoms with E-state index in [0.29, 0.717) is 18.7 Å². The summed E-state index contributed by atoms with van der Waals surface area (Å²) >= 11 is 1.60. The van der Waals surface area contributed by atoms with Gasteiger partial charge in [0.2, 0.25) is 11.8 Å². The lowest BCUT2D eigenvalue weighted by molar-refractivity contribution is -0.139. The fourth-order valence-electron chi connectivity index (χ4n) is 4.38. The summed E-state index contributed by atoms with van der Waals surface area (Å²) < 4.78 is 0. The zero-order valence-electron chi connectivity index (χ0n) is 22.8. The Labute approximate surface area is 226 Å². The molecule has 0 aromatic heterocycles. The zero-order chi connectivity index (χ0) is 26.8. The Kier molecular flexibility index (Phi) is 10.8. The number of benzene rings is 3. The van der Waals surface area contributed by atoms with Gasteiger partial charge in [-0.1, -0.05) is 96.4 Å². The Bertz CT molecular complexity index is 1140. The second kappa shape index (κ2) is 14.0. The van der Waals surface area contributed by atoms with E-state index < -0.39 is 6.04 Å². The maximum atomic E-state index is 13.8. The predicted octanol–water partition coefficient (Wildman–Crippen LogP) is 6.40. The molecule has 2 amide bonds. The average molecular weight is 517 g/mol. The van der Waals surface area contributed by atoms with Crippen molar-refractivity contribution in [2.75, 3.05) is 5.75 Å². The molecule has 3 aromatic rings. The lowest BCUT2D eigenvalue weighted by Gasteiger charge is -2.32. The van der Waals surface area contributed by atoms with E-state index in [2.05, 4.69) is 56.4 Å². The Morgan fingerprint density at radius 1 is 0.838 bits per heavy atom. The maximum absolute atomic E-state index is 13.8. The quantitative estimate of drug-likeness (QED) is 0.303. The summed E-state index contributed by atoms with van der Waals surface area (Å²) in [6.07, 6.45) is 1.31. The SMILES string of the molecule is CC[C@H](C)NC(=O)[C@H](Cc1ccccc1)N(Cc1ccc(C)cc1)C(=O)CSCc1cc(C)cc(C)c1. The van der Waals surface area contributed by atoms with Gasteiger partial charge in [-0.2, -0.15) is 0 Å². The van der Waals surface area contributed by atoms with Crippen LogP contribution in [0.15, 0.2) is 72.8 Å². The lowest BCUT2D eigenvalue weighted by Crippen LogP contribution is -2.52. The van der Waals surface area contributed by atoms with Gasteiger partial charge in [-0.25, -0.2) is 0 Å². The molecule has 0 saturated carbocycles. The van der Waals surface area contributed by atoms with Crippen LogP contribution in [0, 0.1) is 20.8 Å². The summed E-state index contributed by atoms with van der Waals surface area (Å²) in [5.74, 6) is 0.962. The number of nitrogens with one attached hydrogen (secondary N) is 1. The van der Waals surface area contributed by atoms with Gasteiger partial charge in [-0.05, 0) is 50.8 Å². The minimum Gasteiger partial charge on any atom is -0.352 e. The monoisotopic (exact) mass is 516 g/mol. The van der Waals surface area contributed by atoms with Gasteiger partial charge in [-0.15, -0.1) is 11.8 Å².